The first-order valence-electron chi connectivity index (χ1n) is 7.18. The third-order valence-electron chi connectivity index (χ3n) is 3.28. The maximum atomic E-state index is 6.35. The van der Waals surface area contributed by atoms with Gasteiger partial charge in [-0.3, -0.25) is 4.57 Å². The van der Waals surface area contributed by atoms with Crippen LogP contribution in [0.5, 0.6) is 0 Å². The molecule has 0 aliphatic heterocycles. The Kier molecular flexibility index (Phi) is 5.33. The highest BCUT2D eigenvalue weighted by Gasteiger charge is 2.17. The Morgan fingerprint density at radius 3 is 2.52 bits per heavy atom. The van der Waals surface area contributed by atoms with Crippen LogP contribution in [0.15, 0.2) is 59.8 Å². The van der Waals surface area contributed by atoms with Gasteiger partial charge in [0.15, 0.2) is 11.0 Å². The lowest BCUT2D eigenvalue weighted by molar-refractivity contribution is 0.218. The number of benzene rings is 2. The van der Waals surface area contributed by atoms with Crippen molar-refractivity contribution in [2.75, 3.05) is 19.5 Å². The van der Waals surface area contributed by atoms with Crippen LogP contribution in [-0.2, 0) is 4.74 Å². The van der Waals surface area contributed by atoms with Crippen molar-refractivity contribution < 1.29 is 4.74 Å². The van der Waals surface area contributed by atoms with Gasteiger partial charge < -0.3 is 4.74 Å². The van der Waals surface area contributed by atoms with E-state index >= 15 is 0 Å². The number of aromatic nitrogens is 3. The summed E-state index contributed by atoms with van der Waals surface area (Å²) >= 11 is 7.96. The van der Waals surface area contributed by atoms with E-state index in [-0.39, 0.29) is 0 Å². The summed E-state index contributed by atoms with van der Waals surface area (Å²) in [6.07, 6.45) is 0. The average molecular weight is 346 g/mol. The molecule has 23 heavy (non-hydrogen) atoms. The second-order valence-electron chi connectivity index (χ2n) is 4.80. The van der Waals surface area contributed by atoms with Gasteiger partial charge in [-0.25, -0.2) is 0 Å². The third kappa shape index (κ3) is 3.58. The number of hydrogen-bond donors (Lipinski definition) is 0. The van der Waals surface area contributed by atoms with Crippen LogP contribution in [0.2, 0.25) is 5.02 Å². The minimum atomic E-state index is 0.658. The number of halogens is 1. The van der Waals surface area contributed by atoms with Gasteiger partial charge in [0.1, 0.15) is 0 Å². The van der Waals surface area contributed by atoms with Crippen LogP contribution in [0.3, 0.4) is 0 Å². The third-order valence-corrected chi connectivity index (χ3v) is 4.50. The second kappa shape index (κ2) is 7.64. The smallest absolute Gasteiger partial charge is 0.196 e. The lowest BCUT2D eigenvalue weighted by Crippen LogP contribution is -2.01. The zero-order valence-electron chi connectivity index (χ0n) is 12.6. The van der Waals surface area contributed by atoms with Gasteiger partial charge >= 0.3 is 0 Å². The number of rotatable bonds is 6. The second-order valence-corrected chi connectivity index (χ2v) is 6.27. The fourth-order valence-corrected chi connectivity index (χ4v) is 3.28. The van der Waals surface area contributed by atoms with Crippen molar-refractivity contribution in [2.24, 2.45) is 0 Å². The van der Waals surface area contributed by atoms with Crippen LogP contribution in [0.1, 0.15) is 0 Å². The summed E-state index contributed by atoms with van der Waals surface area (Å²) in [5, 5.41) is 10.2. The maximum absolute atomic E-state index is 6.35. The Hall–Kier alpha value is -1.82. The van der Waals surface area contributed by atoms with E-state index in [1.165, 1.54) is 0 Å². The number of hydrogen-bond acceptors (Lipinski definition) is 4. The van der Waals surface area contributed by atoms with Crippen molar-refractivity contribution >= 4 is 23.4 Å². The molecule has 3 rings (SSSR count). The highest BCUT2D eigenvalue weighted by molar-refractivity contribution is 7.99. The minimum Gasteiger partial charge on any atom is -0.384 e. The van der Waals surface area contributed by atoms with Gasteiger partial charge in [0.25, 0.3) is 0 Å². The van der Waals surface area contributed by atoms with E-state index in [1.54, 1.807) is 18.9 Å². The van der Waals surface area contributed by atoms with E-state index in [4.69, 9.17) is 16.3 Å². The molecule has 0 fully saturated rings. The molecule has 2 aromatic carbocycles. The number of ether oxygens (including phenoxy) is 1. The molecule has 118 valence electrons. The van der Waals surface area contributed by atoms with Gasteiger partial charge in [-0.15, -0.1) is 10.2 Å². The Morgan fingerprint density at radius 2 is 1.78 bits per heavy atom. The summed E-state index contributed by atoms with van der Waals surface area (Å²) in [6, 6.07) is 17.7. The van der Waals surface area contributed by atoms with Gasteiger partial charge in [-0.05, 0) is 24.3 Å². The average Bonchev–Trinajstić information content (AvgIpc) is 3.00. The summed E-state index contributed by atoms with van der Waals surface area (Å²) < 4.78 is 7.15. The minimum absolute atomic E-state index is 0.658. The number of methoxy groups -OCH3 is 1. The lowest BCUT2D eigenvalue weighted by Gasteiger charge is -2.11. The molecule has 0 bridgehead atoms. The van der Waals surface area contributed by atoms with Crippen LogP contribution >= 0.6 is 23.4 Å². The Morgan fingerprint density at radius 1 is 1.04 bits per heavy atom. The molecule has 0 aliphatic rings. The molecule has 0 radical (unpaired) electrons. The predicted molar refractivity (Wildman–Crippen MR) is 94.4 cm³/mol. The summed E-state index contributed by atoms with van der Waals surface area (Å²) in [5.74, 6) is 1.55. The van der Waals surface area contributed by atoms with Crippen LogP contribution in [0.25, 0.3) is 17.1 Å². The van der Waals surface area contributed by atoms with E-state index in [0.717, 1.165) is 28.0 Å². The summed E-state index contributed by atoms with van der Waals surface area (Å²) in [5.41, 5.74) is 1.87. The largest absolute Gasteiger partial charge is 0.384 e. The summed E-state index contributed by atoms with van der Waals surface area (Å²) in [7, 11) is 1.69. The van der Waals surface area contributed by atoms with E-state index in [0.29, 0.717) is 11.6 Å². The van der Waals surface area contributed by atoms with Crippen molar-refractivity contribution in [3.05, 3.63) is 59.6 Å². The molecule has 1 aromatic heterocycles. The summed E-state index contributed by atoms with van der Waals surface area (Å²) in [4.78, 5) is 0. The van der Waals surface area contributed by atoms with Crippen LogP contribution in [-0.4, -0.2) is 34.2 Å². The fraction of sp³-hybridized carbons (Fsp3) is 0.176. The first-order chi connectivity index (χ1) is 11.3. The van der Waals surface area contributed by atoms with Crippen molar-refractivity contribution in [3.63, 3.8) is 0 Å². The van der Waals surface area contributed by atoms with Crippen molar-refractivity contribution in [3.8, 4) is 17.1 Å². The molecule has 0 aliphatic carbocycles. The number of para-hydroxylation sites is 1. The zero-order chi connectivity index (χ0) is 16.1. The Labute approximate surface area is 144 Å². The zero-order valence-corrected chi connectivity index (χ0v) is 14.2. The molecule has 3 aromatic rings. The van der Waals surface area contributed by atoms with E-state index in [2.05, 4.69) is 10.2 Å². The number of thioether (sulfide) groups is 1. The normalized spacial score (nSPS) is 10.9. The molecular weight excluding hydrogens is 330 g/mol. The van der Waals surface area contributed by atoms with Gasteiger partial charge in [0.2, 0.25) is 0 Å². The van der Waals surface area contributed by atoms with Crippen molar-refractivity contribution in [2.45, 2.75) is 5.16 Å². The monoisotopic (exact) mass is 345 g/mol. The molecule has 0 N–H and O–H groups in total. The molecule has 0 unspecified atom stereocenters. The van der Waals surface area contributed by atoms with Crippen molar-refractivity contribution in [1.29, 1.82) is 0 Å². The van der Waals surface area contributed by atoms with E-state index in [1.807, 2.05) is 59.2 Å². The predicted octanol–water partition coefficient (Wildman–Crippen LogP) is 4.33. The first-order valence-corrected chi connectivity index (χ1v) is 8.55. The molecule has 1 heterocycles. The molecular formula is C17H16ClN3OS. The van der Waals surface area contributed by atoms with Crippen LogP contribution in [0.4, 0.5) is 0 Å². The molecule has 0 amide bonds. The number of nitrogens with zero attached hydrogens (tertiary/aromatic N) is 3. The van der Waals surface area contributed by atoms with E-state index in [9.17, 15) is 0 Å². The van der Waals surface area contributed by atoms with Crippen LogP contribution < -0.4 is 0 Å². The van der Waals surface area contributed by atoms with Gasteiger partial charge in [0, 0.05) is 24.1 Å². The molecule has 4 nitrogen and oxygen atoms in total. The maximum Gasteiger partial charge on any atom is 0.196 e. The van der Waals surface area contributed by atoms with Crippen molar-refractivity contribution in [1.82, 2.24) is 14.8 Å². The van der Waals surface area contributed by atoms with Crippen LogP contribution in [0, 0.1) is 0 Å². The Balaban J connectivity index is 2.08. The highest BCUT2D eigenvalue weighted by Crippen LogP contribution is 2.31. The molecule has 0 saturated heterocycles. The van der Waals surface area contributed by atoms with Gasteiger partial charge in [-0.1, -0.05) is 53.7 Å². The summed E-state index contributed by atoms with van der Waals surface area (Å²) in [6.45, 7) is 0.660. The highest BCUT2D eigenvalue weighted by atomic mass is 35.5. The quantitative estimate of drug-likeness (QED) is 0.492. The molecule has 0 spiro atoms. The standard InChI is InChI=1S/C17H16ClN3OS/c1-22-11-12-23-17-20-19-16(14-9-5-6-10-15(14)18)21(17)13-7-3-2-4-8-13/h2-10H,11-12H2,1H3. The van der Waals surface area contributed by atoms with E-state index < -0.39 is 0 Å². The Bertz CT molecular complexity index is 777. The molecule has 6 heteroatoms. The topological polar surface area (TPSA) is 39.9 Å². The molecule has 0 atom stereocenters. The fourth-order valence-electron chi connectivity index (χ4n) is 2.21. The van der Waals surface area contributed by atoms with Gasteiger partial charge in [-0.2, -0.15) is 0 Å². The molecule has 0 saturated carbocycles. The first kappa shape index (κ1) is 16.1. The van der Waals surface area contributed by atoms with Gasteiger partial charge in [0.05, 0.1) is 11.6 Å². The SMILES string of the molecule is COCCSc1nnc(-c2ccccc2Cl)n1-c1ccccc1. The lowest BCUT2D eigenvalue weighted by atomic mass is 10.2.